The second-order valence-corrected chi connectivity index (χ2v) is 7.74. The number of hydrogen-bond acceptors (Lipinski definition) is 6. The molecule has 2 aromatic rings. The summed E-state index contributed by atoms with van der Waals surface area (Å²) in [6.07, 6.45) is 8.41. The van der Waals surface area contributed by atoms with Gasteiger partial charge in [0.05, 0.1) is 10.3 Å². The Hall–Kier alpha value is -1.77. The van der Waals surface area contributed by atoms with E-state index in [-0.39, 0.29) is 30.4 Å². The number of carbonyl (C=O) groups is 1. The maximum absolute atomic E-state index is 12.6. The third-order valence-electron chi connectivity index (χ3n) is 4.89. The first-order valence-corrected chi connectivity index (χ1v) is 9.58. The monoisotopic (exact) mass is 394 g/mol. The number of rotatable bonds is 3. The zero-order chi connectivity index (χ0) is 17.4. The fourth-order valence-electron chi connectivity index (χ4n) is 3.51. The molecule has 1 fully saturated rings. The van der Waals surface area contributed by atoms with Crippen LogP contribution in [-0.4, -0.2) is 45.2 Å². The molecule has 0 bridgehead atoms. The number of aromatic amines is 1. The van der Waals surface area contributed by atoms with Gasteiger partial charge in [0.1, 0.15) is 17.8 Å². The molecule has 140 valence electrons. The van der Waals surface area contributed by atoms with Crippen molar-refractivity contribution in [1.29, 1.82) is 0 Å². The lowest BCUT2D eigenvalue weighted by Gasteiger charge is -2.26. The van der Waals surface area contributed by atoms with Crippen LogP contribution in [0.2, 0.25) is 0 Å². The molecule has 0 spiro atoms. The molecule has 1 aliphatic heterocycles. The Balaban J connectivity index is 0.00000196. The molecule has 7 nitrogen and oxygen atoms in total. The predicted octanol–water partition coefficient (Wildman–Crippen LogP) is 2.08. The van der Waals surface area contributed by atoms with E-state index in [0.29, 0.717) is 4.91 Å². The standard InChI is InChI=1S/C17H22N6OS.ClH/c1-10-7-19-15-14(10)16(21-9-20-15)23-5-6-25-13(8-23)17(24)22-12-4-2-3-11(12)18;/h7-9,11-12H,2-6,18H2,1H3,(H,22,24)(H,19,20,21);1H/t11-,12+;/m0./s1. The quantitative estimate of drug-likeness (QED) is 0.737. The van der Waals surface area contributed by atoms with Crippen molar-refractivity contribution in [3.8, 4) is 0 Å². The molecule has 1 amide bonds. The van der Waals surface area contributed by atoms with Crippen molar-refractivity contribution in [1.82, 2.24) is 20.3 Å². The lowest BCUT2D eigenvalue weighted by Crippen LogP contribution is -2.44. The van der Waals surface area contributed by atoms with Crippen molar-refractivity contribution in [3.63, 3.8) is 0 Å². The van der Waals surface area contributed by atoms with Gasteiger partial charge < -0.3 is 20.9 Å². The van der Waals surface area contributed by atoms with Crippen molar-refractivity contribution in [3.05, 3.63) is 29.2 Å². The molecule has 3 heterocycles. The van der Waals surface area contributed by atoms with Crippen molar-refractivity contribution < 1.29 is 4.79 Å². The Morgan fingerprint density at radius 3 is 3.04 bits per heavy atom. The molecule has 2 aliphatic rings. The Labute approximate surface area is 162 Å². The number of aryl methyl sites for hydroxylation is 1. The molecule has 9 heteroatoms. The highest BCUT2D eigenvalue weighted by Gasteiger charge is 2.28. The number of H-pyrrole nitrogens is 1. The summed E-state index contributed by atoms with van der Waals surface area (Å²) in [6, 6.07) is 0.153. The van der Waals surface area contributed by atoms with Gasteiger partial charge in [0.15, 0.2) is 0 Å². The molecule has 4 rings (SSSR count). The summed E-state index contributed by atoms with van der Waals surface area (Å²) in [6.45, 7) is 2.84. The van der Waals surface area contributed by atoms with Gasteiger partial charge in [0, 0.05) is 36.8 Å². The molecule has 0 radical (unpaired) electrons. The van der Waals surface area contributed by atoms with Crippen LogP contribution in [0.15, 0.2) is 23.6 Å². The Bertz CT molecular complexity index is 838. The van der Waals surface area contributed by atoms with Crippen LogP contribution in [0, 0.1) is 6.92 Å². The molecular weight excluding hydrogens is 372 g/mol. The normalized spacial score (nSPS) is 22.8. The zero-order valence-electron chi connectivity index (χ0n) is 14.6. The van der Waals surface area contributed by atoms with E-state index in [0.717, 1.165) is 54.0 Å². The third-order valence-corrected chi connectivity index (χ3v) is 5.88. The summed E-state index contributed by atoms with van der Waals surface area (Å²) in [7, 11) is 0. The molecular formula is C17H23ClN6OS. The summed E-state index contributed by atoms with van der Waals surface area (Å²) >= 11 is 1.58. The van der Waals surface area contributed by atoms with Gasteiger partial charge in [-0.1, -0.05) is 0 Å². The van der Waals surface area contributed by atoms with E-state index >= 15 is 0 Å². The molecule has 4 N–H and O–H groups in total. The summed E-state index contributed by atoms with van der Waals surface area (Å²) in [5, 5.41) is 4.10. The second kappa shape index (κ2) is 7.85. The van der Waals surface area contributed by atoms with Crippen LogP contribution in [0.3, 0.4) is 0 Å². The van der Waals surface area contributed by atoms with E-state index in [2.05, 4.69) is 20.3 Å². The van der Waals surface area contributed by atoms with Crippen LogP contribution >= 0.6 is 24.2 Å². The number of nitrogens with zero attached hydrogens (tertiary/aromatic N) is 3. The van der Waals surface area contributed by atoms with Gasteiger partial charge >= 0.3 is 0 Å². The number of amides is 1. The number of thioether (sulfide) groups is 1. The number of anilines is 1. The molecule has 2 atom stereocenters. The number of nitrogens with one attached hydrogen (secondary N) is 2. The molecule has 1 saturated carbocycles. The van der Waals surface area contributed by atoms with Crippen LogP contribution in [0.4, 0.5) is 5.82 Å². The maximum Gasteiger partial charge on any atom is 0.259 e. The topological polar surface area (TPSA) is 99.9 Å². The molecule has 26 heavy (non-hydrogen) atoms. The summed E-state index contributed by atoms with van der Waals surface area (Å²) in [5.74, 6) is 1.64. The molecule has 1 aliphatic carbocycles. The van der Waals surface area contributed by atoms with Gasteiger partial charge in [-0.05, 0) is 31.7 Å². The summed E-state index contributed by atoms with van der Waals surface area (Å²) in [5.41, 5.74) is 7.98. The highest BCUT2D eigenvalue weighted by Crippen LogP contribution is 2.31. The van der Waals surface area contributed by atoms with Crippen molar-refractivity contribution in [2.45, 2.75) is 38.3 Å². The van der Waals surface area contributed by atoms with Crippen molar-refractivity contribution in [2.24, 2.45) is 5.73 Å². The van der Waals surface area contributed by atoms with Gasteiger partial charge in [-0.2, -0.15) is 0 Å². The number of hydrogen-bond donors (Lipinski definition) is 3. The van der Waals surface area contributed by atoms with Gasteiger partial charge in [-0.15, -0.1) is 24.2 Å². The van der Waals surface area contributed by atoms with E-state index < -0.39 is 0 Å². The minimum atomic E-state index is -0.0341. The predicted molar refractivity (Wildman–Crippen MR) is 108 cm³/mol. The minimum Gasteiger partial charge on any atom is -0.347 e. The SMILES string of the molecule is Cc1c[nH]c2ncnc(N3C=C(C(=O)N[C@@H]4CCC[C@@H]4N)SCC3)c12.Cl. The number of fused-ring (bicyclic) bond motifs is 1. The summed E-state index contributed by atoms with van der Waals surface area (Å²) in [4.78, 5) is 27.3. The van der Waals surface area contributed by atoms with E-state index in [1.165, 1.54) is 0 Å². The van der Waals surface area contributed by atoms with E-state index in [4.69, 9.17) is 5.73 Å². The third kappa shape index (κ3) is 3.54. The maximum atomic E-state index is 12.6. The highest BCUT2D eigenvalue weighted by atomic mass is 35.5. The largest absolute Gasteiger partial charge is 0.347 e. The number of nitrogens with two attached hydrogens (primary N) is 1. The van der Waals surface area contributed by atoms with Gasteiger partial charge in [0.25, 0.3) is 5.91 Å². The first-order valence-electron chi connectivity index (χ1n) is 8.60. The Morgan fingerprint density at radius 1 is 1.42 bits per heavy atom. The number of aromatic nitrogens is 3. The first-order chi connectivity index (χ1) is 12.1. The number of halogens is 1. The van der Waals surface area contributed by atoms with E-state index in [1.54, 1.807) is 18.1 Å². The van der Waals surface area contributed by atoms with Crippen LogP contribution in [0.1, 0.15) is 24.8 Å². The van der Waals surface area contributed by atoms with Crippen LogP contribution in [0.25, 0.3) is 11.0 Å². The molecule has 2 aromatic heterocycles. The molecule has 0 saturated heterocycles. The minimum absolute atomic E-state index is 0. The number of carbonyl (C=O) groups excluding carboxylic acids is 1. The second-order valence-electron chi connectivity index (χ2n) is 6.60. The van der Waals surface area contributed by atoms with Gasteiger partial charge in [-0.25, -0.2) is 9.97 Å². The van der Waals surface area contributed by atoms with Gasteiger partial charge in [-0.3, -0.25) is 4.79 Å². The van der Waals surface area contributed by atoms with Crippen molar-refractivity contribution in [2.75, 3.05) is 17.2 Å². The van der Waals surface area contributed by atoms with Crippen LogP contribution in [-0.2, 0) is 4.79 Å². The lowest BCUT2D eigenvalue weighted by atomic mass is 10.2. The Morgan fingerprint density at radius 2 is 2.27 bits per heavy atom. The Kier molecular flexibility index (Phi) is 5.74. The van der Waals surface area contributed by atoms with Crippen molar-refractivity contribution >= 4 is 46.9 Å². The highest BCUT2D eigenvalue weighted by molar-refractivity contribution is 8.04. The summed E-state index contributed by atoms with van der Waals surface area (Å²) < 4.78 is 0. The lowest BCUT2D eigenvalue weighted by molar-refractivity contribution is -0.117. The zero-order valence-corrected chi connectivity index (χ0v) is 16.2. The van der Waals surface area contributed by atoms with Crippen LogP contribution < -0.4 is 16.0 Å². The van der Waals surface area contributed by atoms with Gasteiger partial charge in [0.2, 0.25) is 0 Å². The first kappa shape index (κ1) is 19.0. The molecule has 0 aromatic carbocycles. The van der Waals surface area contributed by atoms with E-state index in [9.17, 15) is 4.79 Å². The fraction of sp³-hybridized carbons (Fsp3) is 0.471. The average Bonchev–Trinajstić information content (AvgIpc) is 3.21. The van der Waals surface area contributed by atoms with E-state index in [1.807, 2.05) is 24.2 Å². The molecule has 0 unspecified atom stereocenters. The smallest absolute Gasteiger partial charge is 0.259 e. The average molecular weight is 395 g/mol. The fourth-order valence-corrected chi connectivity index (χ4v) is 4.41. The van der Waals surface area contributed by atoms with Crippen LogP contribution in [0.5, 0.6) is 0 Å².